The van der Waals surface area contributed by atoms with Gasteiger partial charge in [-0.05, 0) is 46.1 Å². The smallest absolute Gasteiger partial charge is 0.0113 e. The molecule has 0 aromatic rings. The fourth-order valence-electron chi connectivity index (χ4n) is 3.53. The Morgan fingerprint density at radius 3 is 2.17 bits per heavy atom. The second-order valence-corrected chi connectivity index (χ2v) is 6.12. The molecule has 1 atom stereocenters. The van der Waals surface area contributed by atoms with E-state index in [-0.39, 0.29) is 0 Å². The van der Waals surface area contributed by atoms with Crippen molar-refractivity contribution in [2.75, 3.05) is 33.2 Å². The molecule has 1 saturated carbocycles. The van der Waals surface area contributed by atoms with Crippen molar-refractivity contribution in [1.29, 1.82) is 0 Å². The summed E-state index contributed by atoms with van der Waals surface area (Å²) in [5, 5.41) is 3.43. The van der Waals surface area contributed by atoms with Crippen LogP contribution in [0.5, 0.6) is 0 Å². The first-order chi connectivity index (χ1) is 8.74. The van der Waals surface area contributed by atoms with E-state index in [2.05, 4.69) is 36.0 Å². The molecule has 0 spiro atoms. The predicted octanol–water partition coefficient (Wildman–Crippen LogP) is 1.93. The highest BCUT2D eigenvalue weighted by atomic mass is 15.3. The van der Waals surface area contributed by atoms with Gasteiger partial charge in [-0.25, -0.2) is 0 Å². The van der Waals surface area contributed by atoms with Crippen molar-refractivity contribution in [2.24, 2.45) is 0 Å². The minimum Gasteiger partial charge on any atom is -0.317 e. The molecule has 1 aliphatic carbocycles. The first-order valence-corrected chi connectivity index (χ1v) is 7.90. The number of piperazine rings is 1. The zero-order valence-corrected chi connectivity index (χ0v) is 12.5. The summed E-state index contributed by atoms with van der Waals surface area (Å²) in [6.45, 7) is 9.81. The highest BCUT2D eigenvalue weighted by Gasteiger charge is 2.28. The molecule has 1 aliphatic heterocycles. The molecule has 2 fully saturated rings. The van der Waals surface area contributed by atoms with E-state index in [9.17, 15) is 0 Å². The van der Waals surface area contributed by atoms with E-state index in [1.165, 1.54) is 58.3 Å². The third-order valence-electron chi connectivity index (χ3n) is 5.18. The van der Waals surface area contributed by atoms with Crippen molar-refractivity contribution in [3.05, 3.63) is 0 Å². The second kappa shape index (κ2) is 6.88. The van der Waals surface area contributed by atoms with E-state index >= 15 is 0 Å². The van der Waals surface area contributed by atoms with Crippen LogP contribution in [0.3, 0.4) is 0 Å². The largest absolute Gasteiger partial charge is 0.317 e. The van der Waals surface area contributed by atoms with Crippen LogP contribution in [0.15, 0.2) is 0 Å². The zero-order valence-electron chi connectivity index (χ0n) is 12.5. The van der Waals surface area contributed by atoms with Crippen LogP contribution in [0, 0.1) is 0 Å². The van der Waals surface area contributed by atoms with Crippen molar-refractivity contribution in [1.82, 2.24) is 15.1 Å². The predicted molar refractivity (Wildman–Crippen MR) is 78.0 cm³/mol. The third kappa shape index (κ3) is 3.46. The van der Waals surface area contributed by atoms with Gasteiger partial charge in [0.25, 0.3) is 0 Å². The normalized spacial score (nSPS) is 33.5. The Hall–Kier alpha value is -0.120. The number of hydrogen-bond donors (Lipinski definition) is 1. The molecule has 0 aromatic heterocycles. The summed E-state index contributed by atoms with van der Waals surface area (Å²) in [4.78, 5) is 5.42. The molecule has 2 aliphatic rings. The fraction of sp³-hybridized carbons (Fsp3) is 1.00. The summed E-state index contributed by atoms with van der Waals surface area (Å²) < 4.78 is 0. The molecule has 0 amide bonds. The number of hydrogen-bond acceptors (Lipinski definition) is 3. The van der Waals surface area contributed by atoms with Gasteiger partial charge in [-0.2, -0.15) is 0 Å². The molecule has 3 heteroatoms. The number of rotatable bonds is 4. The van der Waals surface area contributed by atoms with Crippen LogP contribution in [0.25, 0.3) is 0 Å². The lowest BCUT2D eigenvalue weighted by Gasteiger charge is -2.43. The molecule has 0 aromatic carbocycles. The van der Waals surface area contributed by atoms with Gasteiger partial charge in [0.1, 0.15) is 0 Å². The lowest BCUT2D eigenvalue weighted by Crippen LogP contribution is -2.53. The van der Waals surface area contributed by atoms with Gasteiger partial charge in [0.05, 0.1) is 0 Å². The Balaban J connectivity index is 1.73. The van der Waals surface area contributed by atoms with E-state index in [1.807, 2.05) is 0 Å². The summed E-state index contributed by atoms with van der Waals surface area (Å²) in [6, 6.07) is 2.42. The molecule has 1 saturated heterocycles. The van der Waals surface area contributed by atoms with Gasteiger partial charge in [-0.15, -0.1) is 0 Å². The van der Waals surface area contributed by atoms with Crippen molar-refractivity contribution in [2.45, 2.75) is 64.1 Å². The highest BCUT2D eigenvalue weighted by Crippen LogP contribution is 2.24. The zero-order chi connectivity index (χ0) is 13.0. The maximum Gasteiger partial charge on any atom is 0.0113 e. The SMILES string of the molecule is CCC(C)N1CCN(C2CCC(NC)CC2)CC1. The maximum absolute atomic E-state index is 3.43. The van der Waals surface area contributed by atoms with Gasteiger partial charge in [0.15, 0.2) is 0 Å². The Kier molecular flexibility index (Phi) is 5.46. The quantitative estimate of drug-likeness (QED) is 0.826. The summed E-state index contributed by atoms with van der Waals surface area (Å²) in [5.74, 6) is 0. The maximum atomic E-state index is 3.43. The van der Waals surface area contributed by atoms with Crippen LogP contribution in [0.2, 0.25) is 0 Å². The van der Waals surface area contributed by atoms with Crippen LogP contribution in [0.1, 0.15) is 46.0 Å². The minimum absolute atomic E-state index is 0.771. The van der Waals surface area contributed by atoms with Crippen LogP contribution in [-0.2, 0) is 0 Å². The van der Waals surface area contributed by atoms with Crippen molar-refractivity contribution >= 4 is 0 Å². The molecular weight excluding hydrogens is 222 g/mol. The molecule has 18 heavy (non-hydrogen) atoms. The molecule has 1 unspecified atom stereocenters. The number of nitrogens with zero attached hydrogens (tertiary/aromatic N) is 2. The molecule has 1 N–H and O–H groups in total. The molecule has 2 rings (SSSR count). The molecule has 0 bridgehead atoms. The molecule has 3 nitrogen and oxygen atoms in total. The van der Waals surface area contributed by atoms with E-state index in [0.717, 1.165) is 18.1 Å². The highest BCUT2D eigenvalue weighted by molar-refractivity contribution is 4.85. The Bertz CT molecular complexity index is 228. The number of nitrogens with one attached hydrogen (secondary N) is 1. The van der Waals surface area contributed by atoms with Gasteiger partial charge in [-0.1, -0.05) is 6.92 Å². The summed E-state index contributed by atoms with van der Waals surface area (Å²) >= 11 is 0. The van der Waals surface area contributed by atoms with Crippen LogP contribution < -0.4 is 5.32 Å². The van der Waals surface area contributed by atoms with E-state index in [0.29, 0.717) is 0 Å². The molecule has 0 radical (unpaired) electrons. The van der Waals surface area contributed by atoms with Crippen molar-refractivity contribution in [3.8, 4) is 0 Å². The topological polar surface area (TPSA) is 18.5 Å². The van der Waals surface area contributed by atoms with Crippen LogP contribution in [-0.4, -0.2) is 61.2 Å². The average molecular weight is 253 g/mol. The molecule has 106 valence electrons. The van der Waals surface area contributed by atoms with Gasteiger partial charge in [0.2, 0.25) is 0 Å². The average Bonchev–Trinajstić information content (AvgIpc) is 2.47. The van der Waals surface area contributed by atoms with Crippen LogP contribution in [0.4, 0.5) is 0 Å². The lowest BCUT2D eigenvalue weighted by atomic mass is 9.90. The van der Waals surface area contributed by atoms with Gasteiger partial charge in [0, 0.05) is 44.3 Å². The third-order valence-corrected chi connectivity index (χ3v) is 5.18. The first-order valence-electron chi connectivity index (χ1n) is 7.90. The Morgan fingerprint density at radius 1 is 1.06 bits per heavy atom. The van der Waals surface area contributed by atoms with E-state index < -0.39 is 0 Å². The Labute approximate surface area is 113 Å². The van der Waals surface area contributed by atoms with Crippen molar-refractivity contribution < 1.29 is 0 Å². The second-order valence-electron chi connectivity index (χ2n) is 6.12. The van der Waals surface area contributed by atoms with Crippen LogP contribution >= 0.6 is 0 Å². The standard InChI is InChI=1S/C15H31N3/c1-4-13(2)17-9-11-18(12-10-17)15-7-5-14(16-3)6-8-15/h13-16H,4-12H2,1-3H3. The van der Waals surface area contributed by atoms with E-state index in [4.69, 9.17) is 0 Å². The van der Waals surface area contributed by atoms with Gasteiger partial charge in [-0.3, -0.25) is 9.80 Å². The summed E-state index contributed by atoms with van der Waals surface area (Å²) in [5.41, 5.74) is 0. The summed E-state index contributed by atoms with van der Waals surface area (Å²) in [7, 11) is 2.11. The van der Waals surface area contributed by atoms with Gasteiger partial charge < -0.3 is 5.32 Å². The monoisotopic (exact) mass is 253 g/mol. The molecule has 1 heterocycles. The Morgan fingerprint density at radius 2 is 1.67 bits per heavy atom. The first kappa shape index (κ1) is 14.3. The van der Waals surface area contributed by atoms with Gasteiger partial charge >= 0.3 is 0 Å². The molecular formula is C15H31N3. The fourth-order valence-corrected chi connectivity index (χ4v) is 3.53. The lowest BCUT2D eigenvalue weighted by molar-refractivity contribution is 0.0563. The minimum atomic E-state index is 0.771. The van der Waals surface area contributed by atoms with E-state index in [1.54, 1.807) is 0 Å². The van der Waals surface area contributed by atoms with Crippen molar-refractivity contribution in [3.63, 3.8) is 0 Å². The summed E-state index contributed by atoms with van der Waals surface area (Å²) in [6.07, 6.45) is 6.82.